The third-order valence-corrected chi connectivity index (χ3v) is 6.06. The molecule has 164 valence electrons. The van der Waals surface area contributed by atoms with E-state index in [1.807, 2.05) is 42.5 Å². The molecule has 1 aliphatic heterocycles. The summed E-state index contributed by atoms with van der Waals surface area (Å²) in [6.45, 7) is 1.08. The van der Waals surface area contributed by atoms with Crippen LogP contribution in [0, 0.1) is 5.92 Å². The topological polar surface area (TPSA) is 79.0 Å². The standard InChI is InChI=1S/C23H27N3O4S/c1-25(2)23(29)31-20-10-8-18(9-11-20)24-22(28)17-12-14-26(15-13-17)21(27)16-30-19-6-4-3-5-7-19/h3-11,17H,12-16H2,1-2H3,(H,24,28). The summed E-state index contributed by atoms with van der Waals surface area (Å²) in [5, 5.41) is 2.89. The number of hydrogen-bond acceptors (Lipinski definition) is 5. The van der Waals surface area contributed by atoms with E-state index in [1.165, 1.54) is 4.90 Å². The number of rotatable bonds is 6. The van der Waals surface area contributed by atoms with Crippen LogP contribution in [0.15, 0.2) is 59.5 Å². The van der Waals surface area contributed by atoms with Gasteiger partial charge < -0.3 is 19.9 Å². The van der Waals surface area contributed by atoms with Gasteiger partial charge in [-0.15, -0.1) is 0 Å². The number of carbonyl (C=O) groups is 3. The molecule has 3 rings (SSSR count). The number of nitrogens with one attached hydrogen (secondary N) is 1. The van der Waals surface area contributed by atoms with Gasteiger partial charge in [0.1, 0.15) is 5.75 Å². The van der Waals surface area contributed by atoms with Gasteiger partial charge in [0.25, 0.3) is 11.1 Å². The van der Waals surface area contributed by atoms with Gasteiger partial charge in [-0.1, -0.05) is 18.2 Å². The zero-order chi connectivity index (χ0) is 22.2. The predicted molar refractivity (Wildman–Crippen MR) is 121 cm³/mol. The number of ether oxygens (including phenoxy) is 1. The van der Waals surface area contributed by atoms with Crippen LogP contribution in [0.1, 0.15) is 12.8 Å². The minimum absolute atomic E-state index is 0.00155. The molecule has 3 amide bonds. The molecular weight excluding hydrogens is 414 g/mol. The summed E-state index contributed by atoms with van der Waals surface area (Å²) in [6.07, 6.45) is 1.24. The second-order valence-corrected chi connectivity index (χ2v) is 8.56. The fourth-order valence-corrected chi connectivity index (χ4v) is 3.84. The van der Waals surface area contributed by atoms with E-state index in [1.54, 1.807) is 31.1 Å². The van der Waals surface area contributed by atoms with Crippen LogP contribution in [-0.2, 0) is 9.59 Å². The Balaban J connectivity index is 1.42. The molecule has 1 fully saturated rings. The summed E-state index contributed by atoms with van der Waals surface area (Å²) in [7, 11) is 3.41. The summed E-state index contributed by atoms with van der Waals surface area (Å²) < 4.78 is 5.53. The summed E-state index contributed by atoms with van der Waals surface area (Å²) in [6, 6.07) is 16.5. The summed E-state index contributed by atoms with van der Waals surface area (Å²) in [4.78, 5) is 40.8. The van der Waals surface area contributed by atoms with Gasteiger partial charge in [-0.25, -0.2) is 0 Å². The van der Waals surface area contributed by atoms with Crippen molar-refractivity contribution in [3.05, 3.63) is 54.6 Å². The van der Waals surface area contributed by atoms with E-state index >= 15 is 0 Å². The van der Waals surface area contributed by atoms with Crippen molar-refractivity contribution in [2.75, 3.05) is 39.1 Å². The van der Waals surface area contributed by atoms with Gasteiger partial charge in [-0.2, -0.15) is 0 Å². The summed E-state index contributed by atoms with van der Waals surface area (Å²) in [5.74, 6) is 0.421. The zero-order valence-corrected chi connectivity index (χ0v) is 18.6. The number of piperidine rings is 1. The number of benzene rings is 2. The lowest BCUT2D eigenvalue weighted by molar-refractivity contribution is -0.136. The maximum Gasteiger partial charge on any atom is 0.285 e. The van der Waals surface area contributed by atoms with E-state index < -0.39 is 0 Å². The number of carbonyl (C=O) groups excluding carboxylic acids is 3. The lowest BCUT2D eigenvalue weighted by Gasteiger charge is -2.31. The minimum Gasteiger partial charge on any atom is -0.484 e. The van der Waals surface area contributed by atoms with Crippen LogP contribution in [0.5, 0.6) is 5.75 Å². The number of amides is 3. The van der Waals surface area contributed by atoms with Gasteiger partial charge in [0.15, 0.2) is 6.61 Å². The largest absolute Gasteiger partial charge is 0.484 e. The van der Waals surface area contributed by atoms with Gasteiger partial charge >= 0.3 is 0 Å². The van der Waals surface area contributed by atoms with Crippen molar-refractivity contribution in [3.8, 4) is 5.75 Å². The monoisotopic (exact) mass is 441 g/mol. The van der Waals surface area contributed by atoms with Gasteiger partial charge in [0, 0.05) is 43.7 Å². The minimum atomic E-state index is -0.136. The number of nitrogens with zero attached hydrogens (tertiary/aromatic N) is 2. The Morgan fingerprint density at radius 1 is 1.03 bits per heavy atom. The van der Waals surface area contributed by atoms with Crippen molar-refractivity contribution in [3.63, 3.8) is 0 Å². The zero-order valence-electron chi connectivity index (χ0n) is 17.7. The highest BCUT2D eigenvalue weighted by atomic mass is 32.2. The lowest BCUT2D eigenvalue weighted by atomic mass is 9.95. The molecule has 1 saturated heterocycles. The summed E-state index contributed by atoms with van der Waals surface area (Å²) in [5.41, 5.74) is 0.696. The number of para-hydroxylation sites is 1. The van der Waals surface area contributed by atoms with Crippen LogP contribution in [0.25, 0.3) is 0 Å². The van der Waals surface area contributed by atoms with Crippen molar-refractivity contribution in [2.24, 2.45) is 5.92 Å². The molecule has 0 saturated carbocycles. The molecule has 0 unspecified atom stereocenters. The fourth-order valence-electron chi connectivity index (χ4n) is 3.19. The Labute approximate surface area is 186 Å². The van der Waals surface area contributed by atoms with E-state index in [2.05, 4.69) is 5.32 Å². The molecule has 0 aliphatic carbocycles. The first-order valence-corrected chi connectivity index (χ1v) is 11.0. The van der Waals surface area contributed by atoms with Crippen LogP contribution in [-0.4, -0.2) is 60.6 Å². The van der Waals surface area contributed by atoms with E-state index in [-0.39, 0.29) is 29.6 Å². The van der Waals surface area contributed by atoms with E-state index in [9.17, 15) is 14.4 Å². The predicted octanol–water partition coefficient (Wildman–Crippen LogP) is 3.72. The molecule has 0 spiro atoms. The number of thioether (sulfide) groups is 1. The molecule has 1 heterocycles. The van der Waals surface area contributed by atoms with Crippen LogP contribution >= 0.6 is 11.8 Å². The highest BCUT2D eigenvalue weighted by Gasteiger charge is 2.27. The molecule has 31 heavy (non-hydrogen) atoms. The van der Waals surface area contributed by atoms with Crippen LogP contribution in [0.3, 0.4) is 0 Å². The summed E-state index contributed by atoms with van der Waals surface area (Å²) >= 11 is 1.14. The van der Waals surface area contributed by atoms with Crippen molar-refractivity contribution in [2.45, 2.75) is 17.7 Å². The Bertz CT molecular complexity index is 895. The van der Waals surface area contributed by atoms with Crippen molar-refractivity contribution in [1.82, 2.24) is 9.80 Å². The van der Waals surface area contributed by atoms with E-state index in [0.717, 1.165) is 16.7 Å². The Hall–Kier alpha value is -3.00. The Morgan fingerprint density at radius 3 is 2.29 bits per heavy atom. The Morgan fingerprint density at radius 2 is 1.68 bits per heavy atom. The van der Waals surface area contributed by atoms with Gasteiger partial charge in [-0.05, 0) is 61.0 Å². The molecule has 0 atom stereocenters. The second-order valence-electron chi connectivity index (χ2n) is 7.53. The smallest absolute Gasteiger partial charge is 0.285 e. The molecule has 7 nitrogen and oxygen atoms in total. The molecule has 0 bridgehead atoms. The molecule has 2 aromatic rings. The van der Waals surface area contributed by atoms with Crippen molar-refractivity contribution >= 4 is 34.5 Å². The van der Waals surface area contributed by atoms with Gasteiger partial charge in [0.2, 0.25) is 5.91 Å². The average Bonchev–Trinajstić information content (AvgIpc) is 2.79. The first-order valence-electron chi connectivity index (χ1n) is 10.2. The van der Waals surface area contributed by atoms with Crippen LogP contribution < -0.4 is 10.1 Å². The van der Waals surface area contributed by atoms with Crippen molar-refractivity contribution < 1.29 is 19.1 Å². The molecular formula is C23H27N3O4S. The van der Waals surface area contributed by atoms with Crippen LogP contribution in [0.2, 0.25) is 0 Å². The quantitative estimate of drug-likeness (QED) is 0.692. The molecule has 2 aromatic carbocycles. The molecule has 8 heteroatoms. The number of likely N-dealkylation sites (tertiary alicyclic amines) is 1. The molecule has 0 radical (unpaired) electrons. The highest BCUT2D eigenvalue weighted by molar-refractivity contribution is 8.13. The molecule has 1 aliphatic rings. The SMILES string of the molecule is CN(C)C(=O)Sc1ccc(NC(=O)C2CCN(C(=O)COc3ccccc3)CC2)cc1. The van der Waals surface area contributed by atoms with Crippen molar-refractivity contribution in [1.29, 1.82) is 0 Å². The third-order valence-electron chi connectivity index (χ3n) is 5.02. The lowest BCUT2D eigenvalue weighted by Crippen LogP contribution is -2.43. The molecule has 0 aromatic heterocycles. The van der Waals surface area contributed by atoms with Gasteiger partial charge in [-0.3, -0.25) is 14.4 Å². The van der Waals surface area contributed by atoms with Crippen LogP contribution in [0.4, 0.5) is 10.5 Å². The maximum absolute atomic E-state index is 12.6. The second kappa shape index (κ2) is 10.9. The number of anilines is 1. The normalized spacial score (nSPS) is 14.1. The first kappa shape index (κ1) is 22.7. The number of hydrogen-bond donors (Lipinski definition) is 1. The van der Waals surface area contributed by atoms with E-state index in [0.29, 0.717) is 37.4 Å². The fraction of sp³-hybridized carbons (Fsp3) is 0.348. The highest BCUT2D eigenvalue weighted by Crippen LogP contribution is 2.24. The Kier molecular flexibility index (Phi) is 7.94. The first-order chi connectivity index (χ1) is 14.9. The van der Waals surface area contributed by atoms with E-state index in [4.69, 9.17) is 4.74 Å². The maximum atomic E-state index is 12.6. The van der Waals surface area contributed by atoms with Gasteiger partial charge in [0.05, 0.1) is 0 Å². The average molecular weight is 442 g/mol. The molecule has 1 N–H and O–H groups in total. The third kappa shape index (κ3) is 6.75.